The zero-order valence-electron chi connectivity index (χ0n) is 10.6. The van der Waals surface area contributed by atoms with Gasteiger partial charge in [0.05, 0.1) is 5.75 Å². The lowest BCUT2D eigenvalue weighted by molar-refractivity contribution is 0.530. The molecule has 0 heterocycles. The van der Waals surface area contributed by atoms with Gasteiger partial charge in [-0.15, -0.1) is 11.6 Å². The fraction of sp³-hybridized carbons (Fsp3) is 0.538. The summed E-state index contributed by atoms with van der Waals surface area (Å²) in [5.41, 5.74) is 1.04. The van der Waals surface area contributed by atoms with Gasteiger partial charge in [-0.2, -0.15) is 0 Å². The third kappa shape index (κ3) is 6.38. The minimum atomic E-state index is -3.19. The Morgan fingerprint density at radius 1 is 1.28 bits per heavy atom. The molecule has 0 radical (unpaired) electrons. The van der Waals surface area contributed by atoms with Gasteiger partial charge in [-0.05, 0) is 24.3 Å². The Morgan fingerprint density at radius 3 is 2.56 bits per heavy atom. The van der Waals surface area contributed by atoms with Crippen LogP contribution in [-0.4, -0.2) is 26.6 Å². The average molecular weight is 290 g/mol. The zero-order valence-corrected chi connectivity index (χ0v) is 12.2. The van der Waals surface area contributed by atoms with E-state index in [-0.39, 0.29) is 11.7 Å². The zero-order chi connectivity index (χ0) is 13.4. The minimum absolute atomic E-state index is 0.130. The van der Waals surface area contributed by atoms with Gasteiger partial charge < -0.3 is 0 Å². The third-order valence-corrected chi connectivity index (χ3v) is 4.32. The predicted molar refractivity (Wildman–Crippen MR) is 76.4 cm³/mol. The van der Waals surface area contributed by atoms with Crippen LogP contribution in [0.4, 0.5) is 0 Å². The molecule has 0 bridgehead atoms. The van der Waals surface area contributed by atoms with Crippen LogP contribution in [0, 0.1) is 5.92 Å². The van der Waals surface area contributed by atoms with Crippen LogP contribution >= 0.6 is 11.6 Å². The lowest BCUT2D eigenvalue weighted by Gasteiger charge is -2.11. The highest BCUT2D eigenvalue weighted by atomic mass is 35.5. The lowest BCUT2D eigenvalue weighted by atomic mass is 10.1. The molecule has 0 saturated carbocycles. The molecule has 0 saturated heterocycles. The summed E-state index contributed by atoms with van der Waals surface area (Å²) in [7, 11) is -3.19. The van der Waals surface area contributed by atoms with Crippen molar-refractivity contribution >= 4 is 21.6 Å². The molecule has 0 amide bonds. The molecule has 0 aliphatic heterocycles. The van der Waals surface area contributed by atoms with Crippen molar-refractivity contribution in [2.75, 3.05) is 18.2 Å². The molecule has 5 heteroatoms. The van der Waals surface area contributed by atoms with Gasteiger partial charge in [0, 0.05) is 12.4 Å². The Morgan fingerprint density at radius 2 is 1.94 bits per heavy atom. The quantitative estimate of drug-likeness (QED) is 0.747. The molecule has 0 aliphatic carbocycles. The van der Waals surface area contributed by atoms with E-state index in [2.05, 4.69) is 4.72 Å². The van der Waals surface area contributed by atoms with Crippen molar-refractivity contribution in [3.63, 3.8) is 0 Å². The Hall–Kier alpha value is -0.580. The monoisotopic (exact) mass is 289 g/mol. The van der Waals surface area contributed by atoms with Crippen LogP contribution in [0.3, 0.4) is 0 Å². The van der Waals surface area contributed by atoms with Crippen molar-refractivity contribution in [2.45, 2.75) is 19.8 Å². The maximum absolute atomic E-state index is 11.8. The molecule has 1 aromatic rings. The van der Waals surface area contributed by atoms with Crippen LogP contribution in [-0.2, 0) is 16.4 Å². The Kier molecular flexibility index (Phi) is 6.68. The first kappa shape index (κ1) is 15.5. The largest absolute Gasteiger partial charge is 0.215 e. The molecule has 1 N–H and O–H groups in total. The Labute approximate surface area is 115 Å². The fourth-order valence-electron chi connectivity index (χ4n) is 1.53. The van der Waals surface area contributed by atoms with Gasteiger partial charge in [0.2, 0.25) is 10.0 Å². The first-order valence-corrected chi connectivity index (χ1v) is 8.29. The van der Waals surface area contributed by atoms with Crippen molar-refractivity contribution < 1.29 is 8.42 Å². The van der Waals surface area contributed by atoms with E-state index in [1.54, 1.807) is 0 Å². The maximum Gasteiger partial charge on any atom is 0.211 e. The SMILES string of the molecule is CC(CCCl)CNS(=O)(=O)CCc1ccccc1. The molecular formula is C13H20ClNO2S. The molecule has 102 valence electrons. The van der Waals surface area contributed by atoms with E-state index < -0.39 is 10.0 Å². The van der Waals surface area contributed by atoms with Crippen molar-refractivity contribution in [1.82, 2.24) is 4.72 Å². The van der Waals surface area contributed by atoms with Gasteiger partial charge >= 0.3 is 0 Å². The second-order valence-corrected chi connectivity index (χ2v) is 6.79. The van der Waals surface area contributed by atoms with Gasteiger partial charge in [0.25, 0.3) is 0 Å². The highest BCUT2D eigenvalue weighted by molar-refractivity contribution is 7.89. The molecular weight excluding hydrogens is 270 g/mol. The number of nitrogens with one attached hydrogen (secondary N) is 1. The van der Waals surface area contributed by atoms with Crippen LogP contribution in [0.2, 0.25) is 0 Å². The van der Waals surface area contributed by atoms with Gasteiger partial charge in [0.15, 0.2) is 0 Å². The van der Waals surface area contributed by atoms with Crippen LogP contribution in [0.25, 0.3) is 0 Å². The topological polar surface area (TPSA) is 46.2 Å². The number of halogens is 1. The maximum atomic E-state index is 11.8. The number of sulfonamides is 1. The van der Waals surface area contributed by atoms with Gasteiger partial charge in [-0.3, -0.25) is 0 Å². The van der Waals surface area contributed by atoms with E-state index in [0.29, 0.717) is 18.8 Å². The first-order valence-electron chi connectivity index (χ1n) is 6.11. The smallest absolute Gasteiger partial charge is 0.211 e. The molecule has 1 aromatic carbocycles. The molecule has 3 nitrogen and oxygen atoms in total. The standard InChI is InChI=1S/C13H20ClNO2S/c1-12(7-9-14)11-15-18(16,17)10-8-13-5-3-2-4-6-13/h2-6,12,15H,7-11H2,1H3. The Bertz CT molecular complexity index is 434. The summed E-state index contributed by atoms with van der Waals surface area (Å²) in [5, 5.41) is 0. The summed E-state index contributed by atoms with van der Waals surface area (Å²) < 4.78 is 26.2. The summed E-state index contributed by atoms with van der Waals surface area (Å²) in [6.45, 7) is 2.45. The molecule has 0 aliphatic rings. The summed E-state index contributed by atoms with van der Waals surface area (Å²) in [6.07, 6.45) is 1.36. The number of rotatable bonds is 8. The van der Waals surface area contributed by atoms with Crippen LogP contribution < -0.4 is 4.72 Å². The summed E-state index contributed by atoms with van der Waals surface area (Å²) in [5.74, 6) is 0.964. The molecule has 0 spiro atoms. The lowest BCUT2D eigenvalue weighted by Crippen LogP contribution is -2.31. The van der Waals surface area contributed by atoms with Gasteiger partial charge in [0.1, 0.15) is 0 Å². The second kappa shape index (κ2) is 7.77. The molecule has 1 unspecified atom stereocenters. The molecule has 1 rings (SSSR count). The summed E-state index contributed by atoms with van der Waals surface area (Å²) >= 11 is 5.61. The van der Waals surface area contributed by atoms with Crippen molar-refractivity contribution in [2.24, 2.45) is 5.92 Å². The molecule has 0 fully saturated rings. The van der Waals surface area contributed by atoms with Crippen molar-refractivity contribution in [3.8, 4) is 0 Å². The number of aryl methyl sites for hydroxylation is 1. The van der Waals surface area contributed by atoms with Crippen LogP contribution in [0.5, 0.6) is 0 Å². The number of hydrogen-bond donors (Lipinski definition) is 1. The highest BCUT2D eigenvalue weighted by Crippen LogP contribution is 2.04. The minimum Gasteiger partial charge on any atom is -0.215 e. The molecule has 0 aromatic heterocycles. The van der Waals surface area contributed by atoms with E-state index in [9.17, 15) is 8.42 Å². The average Bonchev–Trinajstić information content (AvgIpc) is 2.36. The van der Waals surface area contributed by atoms with E-state index in [4.69, 9.17) is 11.6 Å². The van der Waals surface area contributed by atoms with E-state index in [0.717, 1.165) is 12.0 Å². The van der Waals surface area contributed by atoms with E-state index in [1.165, 1.54) is 0 Å². The second-order valence-electron chi connectivity index (χ2n) is 4.49. The summed E-state index contributed by atoms with van der Waals surface area (Å²) in [6, 6.07) is 9.62. The molecule has 18 heavy (non-hydrogen) atoms. The Balaban J connectivity index is 2.36. The van der Waals surface area contributed by atoms with Gasteiger partial charge in [-0.1, -0.05) is 37.3 Å². The number of benzene rings is 1. The predicted octanol–water partition coefficient (Wildman–Crippen LogP) is 2.41. The molecule has 1 atom stereocenters. The third-order valence-electron chi connectivity index (χ3n) is 2.76. The van der Waals surface area contributed by atoms with E-state index in [1.807, 2.05) is 37.3 Å². The van der Waals surface area contributed by atoms with Crippen molar-refractivity contribution in [1.29, 1.82) is 0 Å². The summed E-state index contributed by atoms with van der Waals surface area (Å²) in [4.78, 5) is 0. The van der Waals surface area contributed by atoms with Crippen molar-refractivity contribution in [3.05, 3.63) is 35.9 Å². The normalized spacial score (nSPS) is 13.4. The number of alkyl halides is 1. The van der Waals surface area contributed by atoms with Crippen LogP contribution in [0.1, 0.15) is 18.9 Å². The van der Waals surface area contributed by atoms with E-state index >= 15 is 0 Å². The highest BCUT2D eigenvalue weighted by Gasteiger charge is 2.11. The first-order chi connectivity index (χ1) is 8.53. The fourth-order valence-corrected chi connectivity index (χ4v) is 3.09. The van der Waals surface area contributed by atoms with Crippen LogP contribution in [0.15, 0.2) is 30.3 Å². The number of hydrogen-bond acceptors (Lipinski definition) is 2. The van der Waals surface area contributed by atoms with Gasteiger partial charge in [-0.25, -0.2) is 13.1 Å².